The maximum atomic E-state index is 10.6. The molecule has 0 bridgehead atoms. The van der Waals surface area contributed by atoms with Crippen LogP contribution >= 0.6 is 34.5 Å². The molecule has 0 aliphatic heterocycles. The van der Waals surface area contributed by atoms with E-state index in [1.165, 1.54) is 22.1 Å². The van der Waals surface area contributed by atoms with Crippen LogP contribution in [-0.2, 0) is 0 Å². The molecule has 2 rings (SSSR count). The van der Waals surface area contributed by atoms with Crippen molar-refractivity contribution in [3.63, 3.8) is 0 Å². The number of hydrogen-bond acceptors (Lipinski definition) is 4. The van der Waals surface area contributed by atoms with Crippen molar-refractivity contribution in [2.45, 2.75) is 6.92 Å². The fourth-order valence-electron chi connectivity index (χ4n) is 1.27. The Morgan fingerprint density at radius 3 is 2.62 bits per heavy atom. The van der Waals surface area contributed by atoms with Crippen LogP contribution in [0.15, 0.2) is 12.1 Å². The van der Waals surface area contributed by atoms with E-state index in [1.807, 2.05) is 0 Å². The Labute approximate surface area is 104 Å². The van der Waals surface area contributed by atoms with Crippen molar-refractivity contribution in [3.05, 3.63) is 36.6 Å². The molecule has 16 heavy (non-hydrogen) atoms. The third kappa shape index (κ3) is 1.91. The van der Waals surface area contributed by atoms with E-state index in [0.717, 1.165) is 0 Å². The number of nitrogens with zero attached hydrogens (tertiary/aromatic N) is 3. The van der Waals surface area contributed by atoms with Gasteiger partial charge in [-0.2, -0.15) is 0 Å². The predicted molar refractivity (Wildman–Crippen MR) is 62.9 cm³/mol. The second-order valence-corrected chi connectivity index (χ2v) is 5.31. The lowest BCUT2D eigenvalue weighted by Crippen LogP contribution is -1.98. The Balaban J connectivity index is 2.56. The van der Waals surface area contributed by atoms with E-state index in [-0.39, 0.29) is 5.82 Å². The van der Waals surface area contributed by atoms with Gasteiger partial charge >= 0.3 is 5.82 Å². The normalized spacial score (nSPS) is 10.7. The number of nitro groups is 1. The molecule has 8 heteroatoms. The van der Waals surface area contributed by atoms with Gasteiger partial charge in [0.1, 0.15) is 10.0 Å². The number of rotatable bonds is 2. The van der Waals surface area contributed by atoms with E-state index in [1.54, 1.807) is 13.0 Å². The van der Waals surface area contributed by atoms with Crippen molar-refractivity contribution < 1.29 is 4.92 Å². The minimum Gasteiger partial charge on any atom is -0.358 e. The Morgan fingerprint density at radius 2 is 2.19 bits per heavy atom. The van der Waals surface area contributed by atoms with Gasteiger partial charge in [0.15, 0.2) is 0 Å². The van der Waals surface area contributed by atoms with Gasteiger partial charge in [-0.15, -0.1) is 16.0 Å². The summed E-state index contributed by atoms with van der Waals surface area (Å²) in [6.07, 6.45) is 0. The minimum absolute atomic E-state index is 0.212. The van der Waals surface area contributed by atoms with E-state index in [9.17, 15) is 10.1 Å². The zero-order valence-corrected chi connectivity index (χ0v) is 10.3. The summed E-state index contributed by atoms with van der Waals surface area (Å²) in [5, 5.41) is 14.4. The molecule has 0 fully saturated rings. The van der Waals surface area contributed by atoms with E-state index in [0.29, 0.717) is 20.1 Å². The number of aromatic nitrogens is 2. The molecule has 0 aromatic carbocycles. The maximum absolute atomic E-state index is 10.6. The summed E-state index contributed by atoms with van der Waals surface area (Å²) in [4.78, 5) is 10.0. The molecule has 0 amide bonds. The molecule has 0 atom stereocenters. The molecule has 0 N–H and O–H groups in total. The Bertz CT molecular complexity index is 564. The first-order valence-electron chi connectivity index (χ1n) is 4.15. The molecule has 2 aromatic rings. The van der Waals surface area contributed by atoms with Gasteiger partial charge in [0.05, 0.1) is 21.2 Å². The van der Waals surface area contributed by atoms with Gasteiger partial charge in [-0.05, 0) is 17.9 Å². The van der Waals surface area contributed by atoms with Crippen LogP contribution < -0.4 is 0 Å². The molecular formula is C8H5Cl2N3O2S. The third-order valence-corrected chi connectivity index (χ3v) is 3.40. The van der Waals surface area contributed by atoms with Crippen molar-refractivity contribution >= 4 is 40.4 Å². The lowest BCUT2D eigenvalue weighted by molar-refractivity contribution is -0.389. The fraction of sp³-hybridized carbons (Fsp3) is 0.125. The van der Waals surface area contributed by atoms with Crippen LogP contribution in [0.3, 0.4) is 0 Å². The third-order valence-electron chi connectivity index (χ3n) is 1.93. The average Bonchev–Trinajstić information content (AvgIpc) is 2.69. The summed E-state index contributed by atoms with van der Waals surface area (Å²) in [5.74, 6) is -0.212. The van der Waals surface area contributed by atoms with Gasteiger partial charge in [0, 0.05) is 0 Å². The summed E-state index contributed by atoms with van der Waals surface area (Å²) in [6.45, 7) is 1.71. The minimum atomic E-state index is -0.550. The van der Waals surface area contributed by atoms with Crippen molar-refractivity contribution in [2.24, 2.45) is 0 Å². The van der Waals surface area contributed by atoms with E-state index < -0.39 is 4.92 Å². The van der Waals surface area contributed by atoms with Crippen LogP contribution in [0.1, 0.15) is 5.69 Å². The highest BCUT2D eigenvalue weighted by atomic mass is 35.5. The SMILES string of the molecule is Cc1cc([N+](=O)[O-])nn1-c1cc(Cl)sc1Cl. The van der Waals surface area contributed by atoms with Crippen LogP contribution in [0.5, 0.6) is 0 Å². The largest absolute Gasteiger partial charge is 0.390 e. The highest BCUT2D eigenvalue weighted by Gasteiger charge is 2.19. The van der Waals surface area contributed by atoms with Gasteiger partial charge in [-0.1, -0.05) is 23.2 Å². The molecule has 0 saturated carbocycles. The smallest absolute Gasteiger partial charge is 0.358 e. The first-order chi connectivity index (χ1) is 7.49. The second-order valence-electron chi connectivity index (χ2n) is 3.02. The molecular weight excluding hydrogens is 273 g/mol. The lowest BCUT2D eigenvalue weighted by Gasteiger charge is -1.94. The highest BCUT2D eigenvalue weighted by Crippen LogP contribution is 2.34. The molecule has 0 unspecified atom stereocenters. The fourth-order valence-corrected chi connectivity index (χ4v) is 2.70. The molecule has 2 aromatic heterocycles. The van der Waals surface area contributed by atoms with E-state index in [4.69, 9.17) is 23.2 Å². The zero-order chi connectivity index (χ0) is 11.9. The van der Waals surface area contributed by atoms with Gasteiger partial charge in [-0.3, -0.25) is 0 Å². The monoisotopic (exact) mass is 277 g/mol. The number of thiophene rings is 1. The van der Waals surface area contributed by atoms with Crippen molar-refractivity contribution in [2.75, 3.05) is 0 Å². The van der Waals surface area contributed by atoms with Crippen LogP contribution in [-0.4, -0.2) is 14.7 Å². The number of halogens is 2. The highest BCUT2D eigenvalue weighted by molar-refractivity contribution is 7.20. The van der Waals surface area contributed by atoms with Gasteiger partial charge < -0.3 is 10.1 Å². The predicted octanol–water partition coefficient (Wildman–Crippen LogP) is 3.46. The second kappa shape index (κ2) is 4.04. The standard InChI is InChI=1S/C8H5Cl2N3O2S/c1-4-2-7(13(14)15)11-12(4)5-3-6(9)16-8(5)10/h2-3H,1H3. The summed E-state index contributed by atoms with van der Waals surface area (Å²) in [7, 11) is 0. The van der Waals surface area contributed by atoms with E-state index >= 15 is 0 Å². The van der Waals surface area contributed by atoms with Crippen LogP contribution in [0.4, 0.5) is 5.82 Å². The molecule has 0 aliphatic rings. The van der Waals surface area contributed by atoms with Gasteiger partial charge in [-0.25, -0.2) is 0 Å². The van der Waals surface area contributed by atoms with Gasteiger partial charge in [0.25, 0.3) is 0 Å². The van der Waals surface area contributed by atoms with Crippen LogP contribution in [0.2, 0.25) is 8.67 Å². The number of aryl methyl sites for hydroxylation is 1. The summed E-state index contributed by atoms with van der Waals surface area (Å²) in [6, 6.07) is 3.00. The van der Waals surface area contributed by atoms with Crippen molar-refractivity contribution in [3.8, 4) is 5.69 Å². The quantitative estimate of drug-likeness (QED) is 0.624. The number of hydrogen-bond donors (Lipinski definition) is 0. The molecule has 5 nitrogen and oxygen atoms in total. The molecule has 0 saturated heterocycles. The molecule has 0 spiro atoms. The molecule has 2 heterocycles. The lowest BCUT2D eigenvalue weighted by atomic mass is 10.4. The summed E-state index contributed by atoms with van der Waals surface area (Å²) >= 11 is 12.9. The molecule has 0 aliphatic carbocycles. The average molecular weight is 278 g/mol. The Morgan fingerprint density at radius 1 is 1.50 bits per heavy atom. The molecule has 84 valence electrons. The van der Waals surface area contributed by atoms with Crippen molar-refractivity contribution in [1.82, 2.24) is 9.78 Å². The topological polar surface area (TPSA) is 61.0 Å². The van der Waals surface area contributed by atoms with Crippen LogP contribution in [0.25, 0.3) is 5.69 Å². The summed E-state index contributed by atoms with van der Waals surface area (Å²) < 4.78 is 2.37. The first-order valence-corrected chi connectivity index (χ1v) is 5.72. The summed E-state index contributed by atoms with van der Waals surface area (Å²) in [5.41, 5.74) is 1.19. The van der Waals surface area contributed by atoms with Crippen molar-refractivity contribution in [1.29, 1.82) is 0 Å². The Hall–Kier alpha value is -1.11. The van der Waals surface area contributed by atoms with Crippen LogP contribution in [0, 0.1) is 17.0 Å². The van der Waals surface area contributed by atoms with E-state index in [2.05, 4.69) is 5.10 Å². The Kier molecular flexibility index (Phi) is 2.88. The zero-order valence-electron chi connectivity index (χ0n) is 7.98. The van der Waals surface area contributed by atoms with Gasteiger partial charge in [0.2, 0.25) is 0 Å². The molecule has 0 radical (unpaired) electrons. The maximum Gasteiger partial charge on any atom is 0.390 e. The first kappa shape index (κ1) is 11.4.